The zero-order valence-electron chi connectivity index (χ0n) is 13.2. The molecule has 0 spiro atoms. The van der Waals surface area contributed by atoms with Crippen LogP contribution in [0.3, 0.4) is 0 Å². The number of aliphatic hydroxyl groups is 1. The fourth-order valence-corrected chi connectivity index (χ4v) is 2.94. The first kappa shape index (κ1) is 16.5. The quantitative estimate of drug-likeness (QED) is 0.749. The molecular formula is C16H28N2O3. The van der Waals surface area contributed by atoms with Gasteiger partial charge in [-0.3, -0.25) is 4.68 Å². The molecule has 1 aromatic heterocycles. The van der Waals surface area contributed by atoms with Gasteiger partial charge in [0.05, 0.1) is 11.7 Å². The molecule has 5 heteroatoms. The van der Waals surface area contributed by atoms with E-state index in [0.717, 1.165) is 5.69 Å². The van der Waals surface area contributed by atoms with Crippen LogP contribution in [0.5, 0.6) is 0 Å². The van der Waals surface area contributed by atoms with Crippen molar-refractivity contribution in [2.24, 2.45) is 0 Å². The maximum absolute atomic E-state index is 10.2. The number of aromatic nitrogens is 2. The van der Waals surface area contributed by atoms with Gasteiger partial charge in [-0.15, -0.1) is 0 Å². The molecular weight excluding hydrogens is 268 g/mol. The fourth-order valence-electron chi connectivity index (χ4n) is 2.94. The highest BCUT2D eigenvalue weighted by molar-refractivity contribution is 5.02. The van der Waals surface area contributed by atoms with Crippen LogP contribution in [0, 0.1) is 0 Å². The lowest BCUT2D eigenvalue weighted by Gasteiger charge is -2.23. The van der Waals surface area contributed by atoms with E-state index in [2.05, 4.69) is 9.78 Å². The Labute approximate surface area is 127 Å². The molecule has 1 aliphatic rings. The van der Waals surface area contributed by atoms with Crippen molar-refractivity contribution in [2.45, 2.75) is 70.8 Å². The van der Waals surface area contributed by atoms with Crippen LogP contribution in [-0.4, -0.2) is 40.5 Å². The number of rotatable bonds is 8. The van der Waals surface area contributed by atoms with E-state index in [1.807, 2.05) is 26.1 Å². The second-order valence-corrected chi connectivity index (χ2v) is 5.63. The third kappa shape index (κ3) is 4.80. The molecule has 2 rings (SSSR count). The van der Waals surface area contributed by atoms with Gasteiger partial charge in [0.2, 0.25) is 0 Å². The van der Waals surface area contributed by atoms with Crippen molar-refractivity contribution in [3.63, 3.8) is 0 Å². The Kier molecular flexibility index (Phi) is 6.67. The van der Waals surface area contributed by atoms with Crippen molar-refractivity contribution in [1.82, 2.24) is 9.78 Å². The van der Waals surface area contributed by atoms with E-state index in [9.17, 15) is 5.11 Å². The Balaban J connectivity index is 1.91. The van der Waals surface area contributed by atoms with Gasteiger partial charge in [-0.05, 0) is 32.8 Å². The molecule has 0 bridgehead atoms. The molecule has 1 saturated carbocycles. The standard InChI is InChI=1S/C16H28N2O3/c1-3-20-16(21-4-2)15(19)12-13-10-11-18(17-13)14-8-6-5-7-9-14/h10-11,14-16,19H,3-9,12H2,1-2H3. The van der Waals surface area contributed by atoms with E-state index in [-0.39, 0.29) is 0 Å². The van der Waals surface area contributed by atoms with E-state index in [1.54, 1.807) is 0 Å². The normalized spacial score (nSPS) is 18.3. The lowest BCUT2D eigenvalue weighted by Crippen LogP contribution is -2.33. The lowest BCUT2D eigenvalue weighted by molar-refractivity contribution is -0.189. The average molecular weight is 296 g/mol. The summed E-state index contributed by atoms with van der Waals surface area (Å²) in [4.78, 5) is 0. The van der Waals surface area contributed by atoms with E-state index in [1.165, 1.54) is 32.1 Å². The fraction of sp³-hybridized carbons (Fsp3) is 0.812. The third-order valence-electron chi connectivity index (χ3n) is 4.01. The van der Waals surface area contributed by atoms with Crippen molar-refractivity contribution in [3.8, 4) is 0 Å². The van der Waals surface area contributed by atoms with Gasteiger partial charge in [0, 0.05) is 25.8 Å². The number of hydrogen-bond acceptors (Lipinski definition) is 4. The summed E-state index contributed by atoms with van der Waals surface area (Å²) in [6, 6.07) is 2.52. The number of hydrogen-bond donors (Lipinski definition) is 1. The molecule has 120 valence electrons. The molecule has 0 radical (unpaired) electrons. The summed E-state index contributed by atoms with van der Waals surface area (Å²) in [7, 11) is 0. The van der Waals surface area contributed by atoms with Crippen LogP contribution in [0.1, 0.15) is 57.7 Å². The van der Waals surface area contributed by atoms with Crippen LogP contribution >= 0.6 is 0 Å². The van der Waals surface area contributed by atoms with Crippen LogP contribution in [0.4, 0.5) is 0 Å². The molecule has 1 heterocycles. The molecule has 0 amide bonds. The average Bonchev–Trinajstić information content (AvgIpc) is 2.96. The van der Waals surface area contributed by atoms with Gasteiger partial charge >= 0.3 is 0 Å². The van der Waals surface area contributed by atoms with Gasteiger partial charge in [0.25, 0.3) is 0 Å². The molecule has 5 nitrogen and oxygen atoms in total. The van der Waals surface area contributed by atoms with Crippen LogP contribution in [-0.2, 0) is 15.9 Å². The third-order valence-corrected chi connectivity index (χ3v) is 4.01. The van der Waals surface area contributed by atoms with E-state index >= 15 is 0 Å². The first-order valence-corrected chi connectivity index (χ1v) is 8.19. The van der Waals surface area contributed by atoms with Crippen LogP contribution < -0.4 is 0 Å². The second-order valence-electron chi connectivity index (χ2n) is 5.63. The number of nitrogens with zero attached hydrogens (tertiary/aromatic N) is 2. The van der Waals surface area contributed by atoms with Gasteiger partial charge in [-0.2, -0.15) is 5.10 Å². The number of aliphatic hydroxyl groups excluding tert-OH is 1. The first-order valence-electron chi connectivity index (χ1n) is 8.19. The zero-order valence-corrected chi connectivity index (χ0v) is 13.2. The van der Waals surface area contributed by atoms with Crippen LogP contribution in [0.2, 0.25) is 0 Å². The maximum Gasteiger partial charge on any atom is 0.183 e. The zero-order chi connectivity index (χ0) is 15.1. The van der Waals surface area contributed by atoms with Crippen molar-refractivity contribution < 1.29 is 14.6 Å². The Morgan fingerprint density at radius 1 is 1.24 bits per heavy atom. The summed E-state index contributed by atoms with van der Waals surface area (Å²) >= 11 is 0. The highest BCUT2D eigenvalue weighted by Crippen LogP contribution is 2.27. The minimum absolute atomic E-state index is 0.463. The monoisotopic (exact) mass is 296 g/mol. The minimum Gasteiger partial charge on any atom is -0.387 e. The summed E-state index contributed by atoms with van der Waals surface area (Å²) in [6.45, 7) is 4.85. The van der Waals surface area contributed by atoms with Crippen LogP contribution in [0.15, 0.2) is 12.3 Å². The Bertz CT molecular complexity index is 396. The Morgan fingerprint density at radius 3 is 2.52 bits per heavy atom. The largest absolute Gasteiger partial charge is 0.387 e. The van der Waals surface area contributed by atoms with Crippen molar-refractivity contribution in [1.29, 1.82) is 0 Å². The van der Waals surface area contributed by atoms with Gasteiger partial charge in [-0.1, -0.05) is 19.3 Å². The summed E-state index contributed by atoms with van der Waals surface area (Å²) in [5, 5.41) is 14.9. The smallest absolute Gasteiger partial charge is 0.183 e. The van der Waals surface area contributed by atoms with E-state index in [0.29, 0.717) is 25.7 Å². The first-order chi connectivity index (χ1) is 10.2. The molecule has 0 aromatic carbocycles. The summed E-state index contributed by atoms with van der Waals surface area (Å²) in [5.41, 5.74) is 0.900. The highest BCUT2D eigenvalue weighted by Gasteiger charge is 2.22. The molecule has 1 unspecified atom stereocenters. The van der Waals surface area contributed by atoms with Crippen molar-refractivity contribution in [2.75, 3.05) is 13.2 Å². The number of ether oxygens (including phenoxy) is 2. The van der Waals surface area contributed by atoms with Crippen molar-refractivity contribution >= 4 is 0 Å². The topological polar surface area (TPSA) is 56.5 Å². The maximum atomic E-state index is 10.2. The minimum atomic E-state index is -0.681. The van der Waals surface area contributed by atoms with Gasteiger partial charge in [-0.25, -0.2) is 0 Å². The molecule has 1 fully saturated rings. The van der Waals surface area contributed by atoms with Gasteiger partial charge in [0.15, 0.2) is 6.29 Å². The lowest BCUT2D eigenvalue weighted by atomic mass is 9.96. The van der Waals surface area contributed by atoms with Crippen molar-refractivity contribution in [3.05, 3.63) is 18.0 Å². The molecule has 1 aliphatic carbocycles. The SMILES string of the molecule is CCOC(OCC)C(O)Cc1ccn(C2CCCCC2)n1. The molecule has 1 aromatic rings. The van der Waals surface area contributed by atoms with E-state index in [4.69, 9.17) is 9.47 Å². The van der Waals surface area contributed by atoms with E-state index < -0.39 is 12.4 Å². The molecule has 1 N–H and O–H groups in total. The predicted molar refractivity (Wildman–Crippen MR) is 81.1 cm³/mol. The Hall–Kier alpha value is -0.910. The highest BCUT2D eigenvalue weighted by atomic mass is 16.7. The molecule has 21 heavy (non-hydrogen) atoms. The second kappa shape index (κ2) is 8.51. The Morgan fingerprint density at radius 2 is 1.90 bits per heavy atom. The molecule has 0 aliphatic heterocycles. The van der Waals surface area contributed by atoms with Gasteiger partial charge < -0.3 is 14.6 Å². The van der Waals surface area contributed by atoms with Gasteiger partial charge in [0.1, 0.15) is 6.10 Å². The summed E-state index contributed by atoms with van der Waals surface area (Å²) in [6.07, 6.45) is 7.60. The predicted octanol–water partition coefficient (Wildman–Crippen LogP) is 2.69. The van der Waals surface area contributed by atoms with Crippen LogP contribution in [0.25, 0.3) is 0 Å². The molecule has 1 atom stereocenters. The summed E-state index contributed by atoms with van der Waals surface area (Å²) < 4.78 is 12.9. The summed E-state index contributed by atoms with van der Waals surface area (Å²) in [5.74, 6) is 0. The molecule has 0 saturated heterocycles.